The lowest BCUT2D eigenvalue weighted by Gasteiger charge is -2.16. The van der Waals surface area contributed by atoms with Gasteiger partial charge in [-0.05, 0) is 48.4 Å². The van der Waals surface area contributed by atoms with E-state index in [1.54, 1.807) is 14.2 Å². The van der Waals surface area contributed by atoms with Gasteiger partial charge in [0.05, 0.1) is 14.2 Å². The minimum Gasteiger partial charge on any atom is -0.493 e. The van der Waals surface area contributed by atoms with Gasteiger partial charge in [0.1, 0.15) is 0 Å². The minimum absolute atomic E-state index is 0.718. The molecular formula is C20H26O2. The standard InChI is InChI=1S/C20H26O2/c1-4-16(14-17-8-6-5-7-9-17)10-11-18-12-13-19(21-2)20(15-18)22-3/h5-9,12-13,15-16H,4,10-11,14H2,1-3H3. The number of methoxy groups -OCH3 is 2. The summed E-state index contributed by atoms with van der Waals surface area (Å²) in [4.78, 5) is 0. The summed E-state index contributed by atoms with van der Waals surface area (Å²) in [6, 6.07) is 17.0. The number of rotatable bonds is 8. The van der Waals surface area contributed by atoms with E-state index in [4.69, 9.17) is 9.47 Å². The predicted molar refractivity (Wildman–Crippen MR) is 91.8 cm³/mol. The van der Waals surface area contributed by atoms with Crippen molar-refractivity contribution in [2.45, 2.75) is 32.6 Å². The largest absolute Gasteiger partial charge is 0.493 e. The molecule has 0 aliphatic rings. The third-order valence-electron chi connectivity index (χ3n) is 4.23. The van der Waals surface area contributed by atoms with Gasteiger partial charge in [-0.25, -0.2) is 0 Å². The van der Waals surface area contributed by atoms with Gasteiger partial charge in [0, 0.05) is 0 Å². The maximum Gasteiger partial charge on any atom is 0.160 e. The molecule has 22 heavy (non-hydrogen) atoms. The molecule has 0 aromatic heterocycles. The summed E-state index contributed by atoms with van der Waals surface area (Å²) in [5.41, 5.74) is 2.74. The highest BCUT2D eigenvalue weighted by Crippen LogP contribution is 2.29. The van der Waals surface area contributed by atoms with Gasteiger partial charge in [-0.1, -0.05) is 49.7 Å². The van der Waals surface area contributed by atoms with Crippen molar-refractivity contribution < 1.29 is 9.47 Å². The van der Waals surface area contributed by atoms with E-state index >= 15 is 0 Å². The van der Waals surface area contributed by atoms with Crippen LogP contribution in [0.25, 0.3) is 0 Å². The van der Waals surface area contributed by atoms with Crippen LogP contribution in [0.2, 0.25) is 0 Å². The Kier molecular flexibility index (Phi) is 6.32. The van der Waals surface area contributed by atoms with Crippen LogP contribution in [0.15, 0.2) is 48.5 Å². The molecule has 2 aromatic rings. The van der Waals surface area contributed by atoms with Gasteiger partial charge in [-0.3, -0.25) is 0 Å². The van der Waals surface area contributed by atoms with E-state index in [2.05, 4.69) is 49.4 Å². The molecule has 2 nitrogen and oxygen atoms in total. The lowest BCUT2D eigenvalue weighted by Crippen LogP contribution is -2.05. The number of benzene rings is 2. The minimum atomic E-state index is 0.718. The number of aryl methyl sites for hydroxylation is 1. The SMILES string of the molecule is CCC(CCc1ccc(OC)c(OC)c1)Cc1ccccc1. The van der Waals surface area contributed by atoms with Gasteiger partial charge < -0.3 is 9.47 Å². The lowest BCUT2D eigenvalue weighted by atomic mass is 9.91. The molecule has 0 heterocycles. The summed E-state index contributed by atoms with van der Waals surface area (Å²) < 4.78 is 10.7. The van der Waals surface area contributed by atoms with E-state index in [9.17, 15) is 0 Å². The second-order valence-electron chi connectivity index (χ2n) is 5.69. The quantitative estimate of drug-likeness (QED) is 0.689. The van der Waals surface area contributed by atoms with Crippen molar-refractivity contribution in [1.82, 2.24) is 0 Å². The molecule has 118 valence electrons. The Morgan fingerprint density at radius 1 is 0.864 bits per heavy atom. The van der Waals surface area contributed by atoms with Crippen LogP contribution in [0.3, 0.4) is 0 Å². The van der Waals surface area contributed by atoms with E-state index < -0.39 is 0 Å². The van der Waals surface area contributed by atoms with Crippen molar-refractivity contribution in [3.63, 3.8) is 0 Å². The second kappa shape index (κ2) is 8.47. The van der Waals surface area contributed by atoms with Crippen LogP contribution in [-0.2, 0) is 12.8 Å². The Labute approximate surface area is 134 Å². The fourth-order valence-electron chi connectivity index (χ4n) is 2.80. The van der Waals surface area contributed by atoms with E-state index in [0.717, 1.165) is 30.3 Å². The second-order valence-corrected chi connectivity index (χ2v) is 5.69. The first kappa shape index (κ1) is 16.4. The first-order valence-corrected chi connectivity index (χ1v) is 8.01. The summed E-state index contributed by atoms with van der Waals surface area (Å²) in [5.74, 6) is 2.33. The average Bonchev–Trinajstić information content (AvgIpc) is 2.59. The Hall–Kier alpha value is -1.96. The third kappa shape index (κ3) is 4.52. The highest BCUT2D eigenvalue weighted by atomic mass is 16.5. The van der Waals surface area contributed by atoms with Crippen molar-refractivity contribution in [1.29, 1.82) is 0 Å². The average molecular weight is 298 g/mol. The van der Waals surface area contributed by atoms with E-state index in [1.165, 1.54) is 24.0 Å². The predicted octanol–water partition coefficient (Wildman–Crippen LogP) is 4.91. The van der Waals surface area contributed by atoms with Crippen LogP contribution in [0.5, 0.6) is 11.5 Å². The van der Waals surface area contributed by atoms with E-state index in [-0.39, 0.29) is 0 Å². The molecule has 1 atom stereocenters. The molecule has 0 aliphatic heterocycles. The van der Waals surface area contributed by atoms with Crippen LogP contribution >= 0.6 is 0 Å². The molecule has 0 N–H and O–H groups in total. The molecule has 0 saturated carbocycles. The molecule has 2 heteroatoms. The maximum absolute atomic E-state index is 5.38. The van der Waals surface area contributed by atoms with Crippen molar-refractivity contribution in [2.24, 2.45) is 5.92 Å². The Balaban J connectivity index is 1.95. The number of ether oxygens (including phenoxy) is 2. The Morgan fingerprint density at radius 2 is 1.59 bits per heavy atom. The van der Waals surface area contributed by atoms with Crippen LogP contribution in [0.1, 0.15) is 30.9 Å². The fraction of sp³-hybridized carbons (Fsp3) is 0.400. The van der Waals surface area contributed by atoms with Crippen LogP contribution < -0.4 is 9.47 Å². The molecule has 0 aliphatic carbocycles. The van der Waals surface area contributed by atoms with E-state index in [1.807, 2.05) is 6.07 Å². The van der Waals surface area contributed by atoms with Gasteiger partial charge in [0.25, 0.3) is 0 Å². The monoisotopic (exact) mass is 298 g/mol. The smallest absolute Gasteiger partial charge is 0.160 e. The third-order valence-corrected chi connectivity index (χ3v) is 4.23. The van der Waals surface area contributed by atoms with Crippen molar-refractivity contribution in [3.05, 3.63) is 59.7 Å². The first-order valence-electron chi connectivity index (χ1n) is 8.01. The van der Waals surface area contributed by atoms with Crippen LogP contribution in [0.4, 0.5) is 0 Å². The van der Waals surface area contributed by atoms with Crippen molar-refractivity contribution in [3.8, 4) is 11.5 Å². The van der Waals surface area contributed by atoms with Gasteiger partial charge in [-0.2, -0.15) is 0 Å². The molecule has 0 fully saturated rings. The van der Waals surface area contributed by atoms with Gasteiger partial charge in [0.2, 0.25) is 0 Å². The van der Waals surface area contributed by atoms with Gasteiger partial charge in [-0.15, -0.1) is 0 Å². The van der Waals surface area contributed by atoms with E-state index in [0.29, 0.717) is 0 Å². The van der Waals surface area contributed by atoms with Gasteiger partial charge >= 0.3 is 0 Å². The molecule has 2 rings (SSSR count). The van der Waals surface area contributed by atoms with Crippen LogP contribution in [0, 0.1) is 5.92 Å². The zero-order valence-corrected chi connectivity index (χ0v) is 13.8. The highest BCUT2D eigenvalue weighted by molar-refractivity contribution is 5.42. The Morgan fingerprint density at radius 3 is 2.23 bits per heavy atom. The molecule has 0 amide bonds. The summed E-state index contributed by atoms with van der Waals surface area (Å²) in [6.07, 6.45) is 4.64. The number of hydrogen-bond acceptors (Lipinski definition) is 2. The Bertz CT molecular complexity index is 563. The maximum atomic E-state index is 5.38. The lowest BCUT2D eigenvalue weighted by molar-refractivity contribution is 0.354. The fourth-order valence-corrected chi connectivity index (χ4v) is 2.80. The molecule has 2 aromatic carbocycles. The molecule has 0 spiro atoms. The zero-order chi connectivity index (χ0) is 15.8. The highest BCUT2D eigenvalue weighted by Gasteiger charge is 2.10. The van der Waals surface area contributed by atoms with Gasteiger partial charge in [0.15, 0.2) is 11.5 Å². The van der Waals surface area contributed by atoms with Crippen LogP contribution in [-0.4, -0.2) is 14.2 Å². The molecule has 1 unspecified atom stereocenters. The number of hydrogen-bond donors (Lipinski definition) is 0. The molecule has 0 radical (unpaired) electrons. The summed E-state index contributed by atoms with van der Waals surface area (Å²) in [5, 5.41) is 0. The first-order chi connectivity index (χ1) is 10.8. The van der Waals surface area contributed by atoms with Crippen molar-refractivity contribution in [2.75, 3.05) is 14.2 Å². The molecular weight excluding hydrogens is 272 g/mol. The summed E-state index contributed by atoms with van der Waals surface area (Å²) >= 11 is 0. The summed E-state index contributed by atoms with van der Waals surface area (Å²) in [6.45, 7) is 2.28. The molecule has 0 bridgehead atoms. The summed E-state index contributed by atoms with van der Waals surface area (Å²) in [7, 11) is 3.36. The van der Waals surface area contributed by atoms with Crippen molar-refractivity contribution >= 4 is 0 Å². The zero-order valence-electron chi connectivity index (χ0n) is 13.8. The normalized spacial score (nSPS) is 12.0. The molecule has 0 saturated heterocycles. The topological polar surface area (TPSA) is 18.5 Å².